The molecule has 2 rings (SSSR count). The van der Waals surface area contributed by atoms with Gasteiger partial charge in [-0.1, -0.05) is 0 Å². The summed E-state index contributed by atoms with van der Waals surface area (Å²) in [5.74, 6) is -1.81. The van der Waals surface area contributed by atoms with E-state index in [-0.39, 0.29) is 17.0 Å². The maximum Gasteiger partial charge on any atom is 0.337 e. The van der Waals surface area contributed by atoms with E-state index < -0.39 is 11.9 Å². The lowest BCUT2D eigenvalue weighted by Gasteiger charge is -2.09. The summed E-state index contributed by atoms with van der Waals surface area (Å²) in [4.78, 5) is 23.0. The zero-order valence-electron chi connectivity index (χ0n) is 10.1. The van der Waals surface area contributed by atoms with E-state index in [1.165, 1.54) is 12.1 Å². The monoisotopic (exact) mass is 260 g/mol. The number of carboxylic acids is 1. The lowest BCUT2D eigenvalue weighted by atomic mass is 10.1. The van der Waals surface area contributed by atoms with Crippen LogP contribution in [0, 0.1) is 0 Å². The van der Waals surface area contributed by atoms with Crippen molar-refractivity contribution >= 4 is 17.6 Å². The first-order valence-electron chi connectivity index (χ1n) is 5.48. The minimum Gasteiger partial charge on any atom is -0.508 e. The summed E-state index contributed by atoms with van der Waals surface area (Å²) in [5, 5.41) is 20.8. The lowest BCUT2D eigenvalue weighted by Crippen LogP contribution is -2.17. The number of carbonyl (C=O) groups is 2. The Morgan fingerprint density at radius 1 is 1.26 bits per heavy atom. The van der Waals surface area contributed by atoms with Gasteiger partial charge in [-0.05, 0) is 30.3 Å². The van der Waals surface area contributed by atoms with Gasteiger partial charge in [-0.25, -0.2) is 4.79 Å². The van der Waals surface area contributed by atoms with E-state index in [4.69, 9.17) is 5.11 Å². The highest BCUT2D eigenvalue weighted by atomic mass is 16.4. The van der Waals surface area contributed by atoms with Crippen molar-refractivity contribution in [1.29, 1.82) is 0 Å². The lowest BCUT2D eigenvalue weighted by molar-refractivity contribution is 0.0697. The Bertz CT molecular complexity index is 646. The number of aromatic nitrogens is 1. The molecular formula is C13H12N2O4. The van der Waals surface area contributed by atoms with Crippen LogP contribution in [0.5, 0.6) is 5.75 Å². The second kappa shape index (κ2) is 4.85. The Hall–Kier alpha value is -2.76. The Kier molecular flexibility index (Phi) is 3.24. The fraction of sp³-hybridized carbons (Fsp3) is 0.0769. The van der Waals surface area contributed by atoms with Gasteiger partial charge in [-0.3, -0.25) is 4.79 Å². The average molecular weight is 260 g/mol. The molecule has 0 aliphatic carbocycles. The average Bonchev–Trinajstić information content (AvgIpc) is 2.77. The van der Waals surface area contributed by atoms with Gasteiger partial charge in [0.1, 0.15) is 11.4 Å². The fourth-order valence-electron chi connectivity index (χ4n) is 1.70. The molecule has 0 saturated heterocycles. The number of benzene rings is 1. The van der Waals surface area contributed by atoms with Crippen LogP contribution >= 0.6 is 0 Å². The van der Waals surface area contributed by atoms with Gasteiger partial charge in [0.2, 0.25) is 0 Å². The molecule has 0 fully saturated rings. The summed E-state index contributed by atoms with van der Waals surface area (Å²) in [6, 6.07) is 7.08. The molecule has 1 heterocycles. The maximum absolute atomic E-state index is 12.0. The number of hydrogen-bond acceptors (Lipinski definition) is 3. The number of aromatic hydroxyl groups is 1. The number of rotatable bonds is 3. The third kappa shape index (κ3) is 2.57. The van der Waals surface area contributed by atoms with Crippen molar-refractivity contribution in [3.05, 3.63) is 47.8 Å². The van der Waals surface area contributed by atoms with E-state index in [1.807, 2.05) is 0 Å². The molecule has 0 aliphatic rings. The first kappa shape index (κ1) is 12.7. The van der Waals surface area contributed by atoms with Crippen LogP contribution < -0.4 is 5.32 Å². The molecular weight excluding hydrogens is 248 g/mol. The summed E-state index contributed by atoms with van der Waals surface area (Å²) in [7, 11) is 1.71. The molecule has 0 unspecified atom stereocenters. The smallest absolute Gasteiger partial charge is 0.337 e. The highest BCUT2D eigenvalue weighted by Crippen LogP contribution is 2.22. The third-order valence-electron chi connectivity index (χ3n) is 2.66. The van der Waals surface area contributed by atoms with Gasteiger partial charge >= 0.3 is 5.97 Å². The molecule has 1 aromatic carbocycles. The molecule has 6 heteroatoms. The Balaban J connectivity index is 2.32. The van der Waals surface area contributed by atoms with Crippen LogP contribution in [-0.2, 0) is 7.05 Å². The van der Waals surface area contributed by atoms with Gasteiger partial charge in [-0.2, -0.15) is 0 Å². The summed E-state index contributed by atoms with van der Waals surface area (Å²) in [6.45, 7) is 0. The van der Waals surface area contributed by atoms with Crippen molar-refractivity contribution in [2.75, 3.05) is 5.32 Å². The summed E-state index contributed by atoms with van der Waals surface area (Å²) in [6.07, 6.45) is 1.71. The number of phenols is 1. The van der Waals surface area contributed by atoms with E-state index in [0.29, 0.717) is 5.69 Å². The second-order valence-corrected chi connectivity index (χ2v) is 3.99. The van der Waals surface area contributed by atoms with Gasteiger partial charge in [-0.15, -0.1) is 0 Å². The van der Waals surface area contributed by atoms with Gasteiger partial charge < -0.3 is 20.1 Å². The molecule has 19 heavy (non-hydrogen) atoms. The first-order chi connectivity index (χ1) is 8.99. The summed E-state index contributed by atoms with van der Waals surface area (Å²) < 4.78 is 1.62. The summed E-state index contributed by atoms with van der Waals surface area (Å²) >= 11 is 0. The Morgan fingerprint density at radius 2 is 2.00 bits per heavy atom. The molecule has 0 saturated carbocycles. The van der Waals surface area contributed by atoms with Crippen molar-refractivity contribution in [3.63, 3.8) is 0 Å². The van der Waals surface area contributed by atoms with Crippen LogP contribution in [0.3, 0.4) is 0 Å². The molecule has 2 aromatic rings. The largest absolute Gasteiger partial charge is 0.508 e. The van der Waals surface area contributed by atoms with Gasteiger partial charge in [0.25, 0.3) is 5.91 Å². The highest BCUT2D eigenvalue weighted by molar-refractivity contribution is 6.07. The van der Waals surface area contributed by atoms with E-state index in [1.54, 1.807) is 29.9 Å². The van der Waals surface area contributed by atoms with E-state index in [2.05, 4.69) is 5.32 Å². The van der Waals surface area contributed by atoms with Crippen LogP contribution in [0.2, 0.25) is 0 Å². The third-order valence-corrected chi connectivity index (χ3v) is 2.66. The van der Waals surface area contributed by atoms with Crippen molar-refractivity contribution < 1.29 is 19.8 Å². The van der Waals surface area contributed by atoms with E-state index >= 15 is 0 Å². The van der Waals surface area contributed by atoms with Crippen molar-refractivity contribution in [3.8, 4) is 5.75 Å². The molecule has 6 nitrogen and oxygen atoms in total. The molecule has 3 N–H and O–H groups in total. The number of amides is 1. The molecule has 1 amide bonds. The van der Waals surface area contributed by atoms with Gasteiger partial charge in [0.05, 0.1) is 11.3 Å². The number of aromatic carboxylic acids is 1. The number of phenolic OH excluding ortho intramolecular Hbond substituents is 1. The van der Waals surface area contributed by atoms with Crippen LogP contribution in [0.15, 0.2) is 36.5 Å². The Labute approximate surface area is 108 Å². The second-order valence-electron chi connectivity index (χ2n) is 3.99. The molecule has 0 bridgehead atoms. The number of nitrogens with zero attached hydrogens (tertiary/aromatic N) is 1. The first-order valence-corrected chi connectivity index (χ1v) is 5.48. The molecule has 0 aliphatic heterocycles. The highest BCUT2D eigenvalue weighted by Gasteiger charge is 2.15. The molecule has 0 radical (unpaired) electrons. The van der Waals surface area contributed by atoms with Crippen LogP contribution in [0.1, 0.15) is 20.8 Å². The minimum absolute atomic E-state index is 0.136. The van der Waals surface area contributed by atoms with E-state index in [0.717, 1.165) is 6.07 Å². The van der Waals surface area contributed by atoms with E-state index in [9.17, 15) is 14.7 Å². The normalized spacial score (nSPS) is 10.2. The maximum atomic E-state index is 12.0. The minimum atomic E-state index is -1.22. The molecule has 0 spiro atoms. The number of hydrogen-bond donors (Lipinski definition) is 3. The number of carboxylic acid groups (broad SMARTS) is 1. The molecule has 0 atom stereocenters. The molecule has 1 aromatic heterocycles. The zero-order chi connectivity index (χ0) is 14.0. The van der Waals surface area contributed by atoms with Gasteiger partial charge in [0.15, 0.2) is 0 Å². The van der Waals surface area contributed by atoms with Crippen LogP contribution in [-0.4, -0.2) is 26.7 Å². The molecule has 98 valence electrons. The van der Waals surface area contributed by atoms with Crippen LogP contribution in [0.4, 0.5) is 5.69 Å². The van der Waals surface area contributed by atoms with Crippen molar-refractivity contribution in [2.45, 2.75) is 0 Å². The number of anilines is 1. The number of nitrogens with one attached hydrogen (secondary N) is 1. The predicted octanol–water partition coefficient (Wildman–Crippen LogP) is 1.68. The van der Waals surface area contributed by atoms with Crippen molar-refractivity contribution in [2.24, 2.45) is 7.05 Å². The van der Waals surface area contributed by atoms with Crippen LogP contribution in [0.25, 0.3) is 0 Å². The van der Waals surface area contributed by atoms with Gasteiger partial charge in [0, 0.05) is 13.2 Å². The zero-order valence-corrected chi connectivity index (χ0v) is 10.1. The van der Waals surface area contributed by atoms with Crippen molar-refractivity contribution in [1.82, 2.24) is 4.57 Å². The quantitative estimate of drug-likeness (QED) is 0.732. The Morgan fingerprint density at radius 3 is 2.58 bits per heavy atom. The standard InChI is InChI=1S/C13H12N2O4/c1-15-6-2-3-11(15)12(17)14-10-5-4-8(16)7-9(10)13(18)19/h2-7,16H,1H3,(H,14,17)(H,18,19). The fourth-order valence-corrected chi connectivity index (χ4v) is 1.70. The number of carbonyl (C=O) groups excluding carboxylic acids is 1. The summed E-state index contributed by atoms with van der Waals surface area (Å²) in [5.41, 5.74) is 0.378. The predicted molar refractivity (Wildman–Crippen MR) is 68.4 cm³/mol. The number of aryl methyl sites for hydroxylation is 1. The SMILES string of the molecule is Cn1cccc1C(=O)Nc1ccc(O)cc1C(=O)O. The topological polar surface area (TPSA) is 91.6 Å².